The zero-order valence-corrected chi connectivity index (χ0v) is 7.04. The van der Waals surface area contributed by atoms with E-state index in [1.54, 1.807) is 6.07 Å². The quantitative estimate of drug-likeness (QED) is 0.717. The highest BCUT2D eigenvalue weighted by Crippen LogP contribution is 2.30. The number of carboxylic acids is 1. The Kier molecular flexibility index (Phi) is 2.40. The third-order valence-electron chi connectivity index (χ3n) is 1.47. The van der Waals surface area contributed by atoms with Gasteiger partial charge in [0.15, 0.2) is 5.75 Å². The van der Waals surface area contributed by atoms with Gasteiger partial charge in [0.1, 0.15) is 6.07 Å². The Morgan fingerprint density at radius 2 is 2.15 bits per heavy atom. The molecule has 1 aromatic carbocycles. The van der Waals surface area contributed by atoms with E-state index in [0.717, 1.165) is 0 Å². The van der Waals surface area contributed by atoms with E-state index in [1.807, 2.05) is 0 Å². The fraction of sp³-hybridized carbons (Fsp3) is 0. The highest BCUT2D eigenvalue weighted by molar-refractivity contribution is 6.35. The van der Waals surface area contributed by atoms with E-state index in [0.29, 0.717) is 0 Å². The molecule has 0 atom stereocenters. The minimum Gasteiger partial charge on any atom is -0.505 e. The second-order valence-corrected chi connectivity index (χ2v) is 2.62. The van der Waals surface area contributed by atoms with Gasteiger partial charge in [0.05, 0.1) is 16.1 Å². The standard InChI is InChI=1S/C8H4ClNO3/c9-6-5(8(12)13)2-1-4(3-10)7(6)11/h1-2,11H,(H,12,13). The molecule has 0 amide bonds. The van der Waals surface area contributed by atoms with Crippen LogP contribution in [0.5, 0.6) is 5.75 Å². The molecule has 13 heavy (non-hydrogen) atoms. The van der Waals surface area contributed by atoms with Gasteiger partial charge in [0.25, 0.3) is 0 Å². The van der Waals surface area contributed by atoms with E-state index in [2.05, 4.69) is 0 Å². The molecule has 0 aliphatic rings. The highest BCUT2D eigenvalue weighted by Gasteiger charge is 2.14. The Labute approximate surface area is 78.6 Å². The summed E-state index contributed by atoms with van der Waals surface area (Å²) in [7, 11) is 0. The highest BCUT2D eigenvalue weighted by atomic mass is 35.5. The van der Waals surface area contributed by atoms with Crippen molar-refractivity contribution in [1.82, 2.24) is 0 Å². The first-order valence-corrected chi connectivity index (χ1v) is 3.60. The lowest BCUT2D eigenvalue weighted by Crippen LogP contribution is -1.97. The molecule has 0 aromatic heterocycles. The van der Waals surface area contributed by atoms with Crippen LogP contribution >= 0.6 is 11.6 Å². The SMILES string of the molecule is N#Cc1ccc(C(=O)O)c(Cl)c1O. The van der Waals surface area contributed by atoms with Gasteiger partial charge >= 0.3 is 5.97 Å². The third kappa shape index (κ3) is 1.55. The zero-order chi connectivity index (χ0) is 10.0. The number of carboxylic acid groups (broad SMARTS) is 1. The first-order chi connectivity index (χ1) is 6.07. The number of rotatable bonds is 1. The Hall–Kier alpha value is -1.73. The van der Waals surface area contributed by atoms with Crippen molar-refractivity contribution in [2.45, 2.75) is 0 Å². The summed E-state index contributed by atoms with van der Waals surface area (Å²) in [6.45, 7) is 0. The van der Waals surface area contributed by atoms with Crippen molar-refractivity contribution in [2.24, 2.45) is 0 Å². The van der Waals surface area contributed by atoms with Crippen LogP contribution in [0.25, 0.3) is 0 Å². The van der Waals surface area contributed by atoms with Crippen molar-refractivity contribution in [3.05, 3.63) is 28.3 Å². The number of hydrogen-bond acceptors (Lipinski definition) is 3. The molecule has 0 saturated carbocycles. The van der Waals surface area contributed by atoms with Crippen LogP contribution in [0, 0.1) is 11.3 Å². The van der Waals surface area contributed by atoms with Crippen LogP contribution in [0.15, 0.2) is 12.1 Å². The van der Waals surface area contributed by atoms with Gasteiger partial charge in [0, 0.05) is 0 Å². The molecule has 0 fully saturated rings. The summed E-state index contributed by atoms with van der Waals surface area (Å²) in [5, 5.41) is 25.9. The predicted molar refractivity (Wildman–Crippen MR) is 44.8 cm³/mol. The summed E-state index contributed by atoms with van der Waals surface area (Å²) in [6, 6.07) is 4.04. The Morgan fingerprint density at radius 3 is 2.62 bits per heavy atom. The van der Waals surface area contributed by atoms with E-state index >= 15 is 0 Å². The number of nitriles is 1. The van der Waals surface area contributed by atoms with Crippen molar-refractivity contribution in [3.8, 4) is 11.8 Å². The normalized spacial score (nSPS) is 9.23. The minimum absolute atomic E-state index is 0.0463. The van der Waals surface area contributed by atoms with E-state index in [9.17, 15) is 9.90 Å². The van der Waals surface area contributed by atoms with Crippen molar-refractivity contribution in [3.63, 3.8) is 0 Å². The molecule has 0 unspecified atom stereocenters. The van der Waals surface area contributed by atoms with E-state index in [-0.39, 0.29) is 16.1 Å². The number of nitrogens with zero attached hydrogens (tertiary/aromatic N) is 1. The third-order valence-corrected chi connectivity index (χ3v) is 1.85. The predicted octanol–water partition coefficient (Wildman–Crippen LogP) is 1.62. The van der Waals surface area contributed by atoms with E-state index < -0.39 is 11.7 Å². The van der Waals surface area contributed by atoms with Crippen molar-refractivity contribution in [1.29, 1.82) is 5.26 Å². The maximum atomic E-state index is 10.5. The second-order valence-electron chi connectivity index (χ2n) is 2.24. The van der Waals surface area contributed by atoms with Crippen LogP contribution in [0.2, 0.25) is 5.02 Å². The fourth-order valence-electron chi connectivity index (χ4n) is 0.820. The maximum Gasteiger partial charge on any atom is 0.337 e. The van der Waals surface area contributed by atoms with Crippen LogP contribution in [0.4, 0.5) is 0 Å². The van der Waals surface area contributed by atoms with Crippen molar-refractivity contribution >= 4 is 17.6 Å². The van der Waals surface area contributed by atoms with Gasteiger partial charge in [-0.25, -0.2) is 4.79 Å². The Bertz CT molecular complexity index is 409. The topological polar surface area (TPSA) is 81.3 Å². The van der Waals surface area contributed by atoms with Gasteiger partial charge in [-0.3, -0.25) is 0 Å². The Balaban J connectivity index is 3.42. The molecule has 4 nitrogen and oxygen atoms in total. The number of benzene rings is 1. The molecule has 0 saturated heterocycles. The zero-order valence-electron chi connectivity index (χ0n) is 6.28. The minimum atomic E-state index is -1.25. The smallest absolute Gasteiger partial charge is 0.337 e. The van der Waals surface area contributed by atoms with E-state index in [1.165, 1.54) is 12.1 Å². The molecule has 1 rings (SSSR count). The lowest BCUT2D eigenvalue weighted by molar-refractivity contribution is 0.0696. The second kappa shape index (κ2) is 3.33. The van der Waals surface area contributed by atoms with Gasteiger partial charge in [-0.2, -0.15) is 5.26 Å². The number of aromatic hydroxyl groups is 1. The molecular formula is C8H4ClNO3. The summed E-state index contributed by atoms with van der Waals surface area (Å²) in [4.78, 5) is 10.5. The first-order valence-electron chi connectivity index (χ1n) is 3.22. The van der Waals surface area contributed by atoms with Gasteiger partial charge < -0.3 is 10.2 Å². The summed E-state index contributed by atoms with van der Waals surface area (Å²) < 4.78 is 0. The lowest BCUT2D eigenvalue weighted by Gasteiger charge is -2.01. The molecule has 0 aliphatic heterocycles. The van der Waals surface area contributed by atoms with Crippen LogP contribution in [0.3, 0.4) is 0 Å². The average Bonchev–Trinajstić information content (AvgIpc) is 2.09. The Morgan fingerprint density at radius 1 is 1.54 bits per heavy atom. The molecule has 0 spiro atoms. The molecule has 2 N–H and O–H groups in total. The van der Waals surface area contributed by atoms with Crippen molar-refractivity contribution < 1.29 is 15.0 Å². The van der Waals surface area contributed by atoms with E-state index in [4.69, 9.17) is 22.0 Å². The molecule has 1 aromatic rings. The largest absolute Gasteiger partial charge is 0.505 e. The summed E-state index contributed by atoms with van der Waals surface area (Å²) in [5.74, 6) is -1.74. The van der Waals surface area contributed by atoms with Gasteiger partial charge in [-0.1, -0.05) is 11.6 Å². The van der Waals surface area contributed by atoms with Crippen LogP contribution in [-0.2, 0) is 0 Å². The molecule has 0 radical (unpaired) electrons. The molecule has 0 heterocycles. The molecule has 5 heteroatoms. The van der Waals surface area contributed by atoms with Crippen LogP contribution < -0.4 is 0 Å². The number of phenols is 1. The number of halogens is 1. The van der Waals surface area contributed by atoms with Crippen molar-refractivity contribution in [2.75, 3.05) is 0 Å². The lowest BCUT2D eigenvalue weighted by atomic mass is 10.1. The maximum absolute atomic E-state index is 10.5. The van der Waals surface area contributed by atoms with Gasteiger partial charge in [-0.05, 0) is 12.1 Å². The van der Waals surface area contributed by atoms with Gasteiger partial charge in [0.2, 0.25) is 0 Å². The molecule has 0 aliphatic carbocycles. The molecule has 0 bridgehead atoms. The molecule has 66 valence electrons. The fourth-order valence-corrected chi connectivity index (χ4v) is 1.07. The number of phenolic OH excluding ortho intramolecular Hbond substituents is 1. The summed E-state index contributed by atoms with van der Waals surface area (Å²) in [5.41, 5.74) is -0.270. The number of carbonyl (C=O) groups is 1. The summed E-state index contributed by atoms with van der Waals surface area (Å²) in [6.07, 6.45) is 0. The number of aromatic carboxylic acids is 1. The van der Waals surface area contributed by atoms with Crippen LogP contribution in [0.1, 0.15) is 15.9 Å². The number of hydrogen-bond donors (Lipinski definition) is 2. The average molecular weight is 198 g/mol. The van der Waals surface area contributed by atoms with Crippen LogP contribution in [-0.4, -0.2) is 16.2 Å². The first kappa shape index (κ1) is 9.36. The summed E-state index contributed by atoms with van der Waals surface area (Å²) >= 11 is 5.49. The molecular weight excluding hydrogens is 194 g/mol. The van der Waals surface area contributed by atoms with Gasteiger partial charge in [-0.15, -0.1) is 0 Å². The monoisotopic (exact) mass is 197 g/mol.